The van der Waals surface area contributed by atoms with Crippen LogP contribution in [0.5, 0.6) is 0 Å². The molecule has 0 bridgehead atoms. The maximum atomic E-state index is 6.28. The van der Waals surface area contributed by atoms with Crippen LogP contribution >= 0.6 is 23.4 Å². The van der Waals surface area contributed by atoms with Crippen molar-refractivity contribution in [1.82, 2.24) is 9.55 Å². The number of hydrogen-bond donors (Lipinski definition) is 0. The van der Waals surface area contributed by atoms with Crippen molar-refractivity contribution < 1.29 is 0 Å². The molecule has 1 heterocycles. The van der Waals surface area contributed by atoms with Gasteiger partial charge in [0, 0.05) is 6.54 Å². The summed E-state index contributed by atoms with van der Waals surface area (Å²) in [7, 11) is 0. The molecule has 0 saturated carbocycles. The number of imidazole rings is 1. The van der Waals surface area contributed by atoms with E-state index in [0.717, 1.165) is 17.9 Å². The minimum absolute atomic E-state index is 0.0487. The second-order valence-corrected chi connectivity index (χ2v) is 6.52. The Morgan fingerprint density at radius 2 is 2.16 bits per heavy atom. The summed E-state index contributed by atoms with van der Waals surface area (Å²) < 4.78 is 2.31. The third-order valence-electron chi connectivity index (χ3n) is 3.33. The van der Waals surface area contributed by atoms with Crippen molar-refractivity contribution in [3.05, 3.63) is 29.6 Å². The van der Waals surface area contributed by atoms with Crippen molar-refractivity contribution in [1.29, 1.82) is 0 Å². The summed E-state index contributed by atoms with van der Waals surface area (Å²) in [6.07, 6.45) is 4.57. The molecule has 0 saturated heterocycles. The normalized spacial score (nSPS) is 13.1. The first kappa shape index (κ1) is 14.7. The second kappa shape index (κ2) is 6.67. The van der Waals surface area contributed by atoms with E-state index in [1.54, 1.807) is 0 Å². The van der Waals surface area contributed by atoms with Gasteiger partial charge in [-0.2, -0.15) is 11.8 Å². The van der Waals surface area contributed by atoms with Gasteiger partial charge in [-0.25, -0.2) is 4.98 Å². The van der Waals surface area contributed by atoms with Crippen LogP contribution in [0.3, 0.4) is 0 Å². The number of hydrogen-bond acceptors (Lipinski definition) is 2. The highest BCUT2D eigenvalue weighted by Gasteiger charge is 2.15. The van der Waals surface area contributed by atoms with Gasteiger partial charge in [0.2, 0.25) is 0 Å². The number of rotatable bonds is 6. The number of thioether (sulfide) groups is 1. The molecule has 0 aliphatic rings. The van der Waals surface area contributed by atoms with E-state index < -0.39 is 0 Å². The fraction of sp³-hybridized carbons (Fsp3) is 0.533. The molecule has 1 aromatic carbocycles. The minimum atomic E-state index is -0.0487. The van der Waals surface area contributed by atoms with Crippen LogP contribution in [-0.2, 0) is 6.54 Å². The van der Waals surface area contributed by atoms with Crippen molar-refractivity contribution >= 4 is 34.4 Å². The van der Waals surface area contributed by atoms with Crippen LogP contribution in [0.1, 0.15) is 36.5 Å². The Hall–Kier alpha value is -0.670. The van der Waals surface area contributed by atoms with Crippen LogP contribution in [0.25, 0.3) is 11.0 Å². The first-order chi connectivity index (χ1) is 9.15. The molecular weight excluding hydrogens is 276 g/mol. The topological polar surface area (TPSA) is 17.8 Å². The number of fused-ring (bicyclic) bond motifs is 1. The van der Waals surface area contributed by atoms with Crippen molar-refractivity contribution in [2.45, 2.75) is 38.6 Å². The van der Waals surface area contributed by atoms with Crippen molar-refractivity contribution in [2.24, 2.45) is 0 Å². The average molecular weight is 297 g/mol. The number of para-hydroxylation sites is 1. The molecule has 0 spiro atoms. The minimum Gasteiger partial charge on any atom is -0.327 e. The second-order valence-electron chi connectivity index (χ2n) is 4.88. The Kier molecular flexibility index (Phi) is 5.17. The van der Waals surface area contributed by atoms with Crippen LogP contribution in [0.4, 0.5) is 0 Å². The maximum absolute atomic E-state index is 6.28. The first-order valence-corrected chi connectivity index (χ1v) is 8.57. The van der Waals surface area contributed by atoms with E-state index >= 15 is 0 Å². The van der Waals surface area contributed by atoms with Gasteiger partial charge in [-0.05, 0) is 50.3 Å². The van der Waals surface area contributed by atoms with E-state index in [-0.39, 0.29) is 5.38 Å². The van der Waals surface area contributed by atoms with Crippen LogP contribution in [-0.4, -0.2) is 21.6 Å². The van der Waals surface area contributed by atoms with E-state index in [0.29, 0.717) is 0 Å². The van der Waals surface area contributed by atoms with E-state index in [1.807, 2.05) is 18.7 Å². The standard InChI is InChI=1S/C15H21ClN2S/c1-11-7-6-8-13-14(11)18(9-4-5-10-19-3)15(17-13)12(2)16/h6-8,12H,4-5,9-10H2,1-3H3. The van der Waals surface area contributed by atoms with Gasteiger partial charge in [-0.1, -0.05) is 12.1 Å². The molecule has 104 valence electrons. The summed E-state index contributed by atoms with van der Waals surface area (Å²) in [6.45, 7) is 5.15. The molecule has 0 fully saturated rings. The Morgan fingerprint density at radius 1 is 1.37 bits per heavy atom. The summed E-state index contributed by atoms with van der Waals surface area (Å²) in [5, 5.41) is -0.0487. The van der Waals surface area contributed by atoms with E-state index in [9.17, 15) is 0 Å². The molecule has 2 rings (SSSR count). The molecule has 19 heavy (non-hydrogen) atoms. The molecule has 2 aromatic rings. The number of alkyl halides is 1. The van der Waals surface area contributed by atoms with Gasteiger partial charge in [0.25, 0.3) is 0 Å². The lowest BCUT2D eigenvalue weighted by molar-refractivity contribution is 0.618. The van der Waals surface area contributed by atoms with Gasteiger partial charge in [-0.15, -0.1) is 11.6 Å². The number of benzene rings is 1. The van der Waals surface area contributed by atoms with Gasteiger partial charge < -0.3 is 4.57 Å². The SMILES string of the molecule is CSCCCCn1c(C(C)Cl)nc2cccc(C)c21. The fourth-order valence-corrected chi connectivity index (χ4v) is 3.09. The predicted octanol–water partition coefficient (Wildman–Crippen LogP) is 4.79. The number of unbranched alkanes of at least 4 members (excludes halogenated alkanes) is 1. The van der Waals surface area contributed by atoms with Gasteiger partial charge in [-0.3, -0.25) is 0 Å². The van der Waals surface area contributed by atoms with Gasteiger partial charge in [0.15, 0.2) is 0 Å². The zero-order valence-electron chi connectivity index (χ0n) is 11.8. The molecule has 0 radical (unpaired) electrons. The molecule has 2 nitrogen and oxygen atoms in total. The van der Waals surface area contributed by atoms with E-state index in [1.165, 1.54) is 29.7 Å². The first-order valence-electron chi connectivity index (χ1n) is 6.74. The van der Waals surface area contributed by atoms with Crippen LogP contribution in [0.2, 0.25) is 0 Å². The quantitative estimate of drug-likeness (QED) is 0.563. The fourth-order valence-electron chi connectivity index (χ4n) is 2.43. The number of aromatic nitrogens is 2. The largest absolute Gasteiger partial charge is 0.327 e. The Balaban J connectivity index is 2.34. The summed E-state index contributed by atoms with van der Waals surface area (Å²) >= 11 is 8.19. The van der Waals surface area contributed by atoms with E-state index in [4.69, 9.17) is 16.6 Å². The lowest BCUT2D eigenvalue weighted by atomic mass is 10.2. The highest BCUT2D eigenvalue weighted by Crippen LogP contribution is 2.27. The predicted molar refractivity (Wildman–Crippen MR) is 86.4 cm³/mol. The van der Waals surface area contributed by atoms with Gasteiger partial charge >= 0.3 is 0 Å². The Bertz CT molecular complexity index is 548. The molecule has 0 N–H and O–H groups in total. The van der Waals surface area contributed by atoms with Crippen molar-refractivity contribution in [3.63, 3.8) is 0 Å². The molecule has 4 heteroatoms. The zero-order chi connectivity index (χ0) is 13.8. The third kappa shape index (κ3) is 3.26. The molecule has 1 unspecified atom stereocenters. The van der Waals surface area contributed by atoms with Crippen LogP contribution in [0, 0.1) is 6.92 Å². The maximum Gasteiger partial charge on any atom is 0.127 e. The Labute approximate surface area is 124 Å². The van der Waals surface area contributed by atoms with Gasteiger partial charge in [0.1, 0.15) is 5.82 Å². The van der Waals surface area contributed by atoms with Crippen molar-refractivity contribution in [2.75, 3.05) is 12.0 Å². The summed E-state index contributed by atoms with van der Waals surface area (Å²) in [4.78, 5) is 4.70. The third-order valence-corrected chi connectivity index (χ3v) is 4.23. The van der Waals surface area contributed by atoms with Crippen molar-refractivity contribution in [3.8, 4) is 0 Å². The molecule has 1 atom stereocenters. The highest BCUT2D eigenvalue weighted by atomic mass is 35.5. The summed E-state index contributed by atoms with van der Waals surface area (Å²) in [5.74, 6) is 2.22. The highest BCUT2D eigenvalue weighted by molar-refractivity contribution is 7.98. The van der Waals surface area contributed by atoms with Crippen LogP contribution in [0.15, 0.2) is 18.2 Å². The number of halogens is 1. The molecule has 0 amide bonds. The lowest BCUT2D eigenvalue weighted by Crippen LogP contribution is -2.05. The summed E-state index contributed by atoms with van der Waals surface area (Å²) in [5.41, 5.74) is 3.58. The molecule has 1 aromatic heterocycles. The number of aryl methyl sites for hydroxylation is 2. The number of nitrogens with zero attached hydrogens (tertiary/aromatic N) is 2. The zero-order valence-corrected chi connectivity index (χ0v) is 13.4. The van der Waals surface area contributed by atoms with Gasteiger partial charge in [0.05, 0.1) is 16.4 Å². The van der Waals surface area contributed by atoms with E-state index in [2.05, 4.69) is 35.9 Å². The summed E-state index contributed by atoms with van der Waals surface area (Å²) in [6, 6.07) is 6.28. The molecule has 0 aliphatic carbocycles. The molecule has 0 aliphatic heterocycles. The average Bonchev–Trinajstić information content (AvgIpc) is 2.75. The van der Waals surface area contributed by atoms with Crippen LogP contribution < -0.4 is 0 Å². The monoisotopic (exact) mass is 296 g/mol. The Morgan fingerprint density at radius 3 is 2.84 bits per heavy atom. The molecular formula is C15H21ClN2S. The lowest BCUT2D eigenvalue weighted by Gasteiger charge is -2.11. The smallest absolute Gasteiger partial charge is 0.127 e.